The summed E-state index contributed by atoms with van der Waals surface area (Å²) in [5.74, 6) is 2.44. The Labute approximate surface area is 180 Å². The number of ether oxygens (including phenoxy) is 4. The molecule has 0 fully saturated rings. The molecule has 3 rings (SSSR count). The fourth-order valence-electron chi connectivity index (χ4n) is 2.84. The van der Waals surface area contributed by atoms with E-state index in [9.17, 15) is 4.79 Å². The standard InChI is InChI=1S/C23H24N2O6/c1-14(2)10-22-24-23(25-31-22)15-6-8-20(21(11-15)29-5)30-13-18(26)17-12-16(27-3)7-9-19(17)28-4/h6-12H,13H2,1-5H3. The molecule has 8 heteroatoms. The highest BCUT2D eigenvalue weighted by Gasteiger charge is 2.17. The minimum Gasteiger partial charge on any atom is -0.497 e. The maximum absolute atomic E-state index is 12.7. The van der Waals surface area contributed by atoms with Crippen molar-refractivity contribution in [2.75, 3.05) is 27.9 Å². The second kappa shape index (κ2) is 9.80. The molecule has 2 aromatic carbocycles. The number of carbonyl (C=O) groups is 1. The molecule has 0 N–H and O–H groups in total. The average molecular weight is 424 g/mol. The molecule has 0 aliphatic rings. The van der Waals surface area contributed by atoms with E-state index >= 15 is 0 Å². The van der Waals surface area contributed by atoms with Gasteiger partial charge >= 0.3 is 0 Å². The zero-order valence-corrected chi connectivity index (χ0v) is 18.1. The summed E-state index contributed by atoms with van der Waals surface area (Å²) < 4.78 is 26.8. The molecule has 0 spiro atoms. The molecule has 0 amide bonds. The van der Waals surface area contributed by atoms with Gasteiger partial charge in [-0.25, -0.2) is 0 Å². The van der Waals surface area contributed by atoms with Crippen LogP contribution in [0.15, 0.2) is 46.5 Å². The number of allylic oxidation sites excluding steroid dienone is 1. The summed E-state index contributed by atoms with van der Waals surface area (Å²) in [6, 6.07) is 10.2. The summed E-state index contributed by atoms with van der Waals surface area (Å²) in [6.45, 7) is 3.69. The highest BCUT2D eigenvalue weighted by molar-refractivity contribution is 6.00. The number of ketones is 1. The Morgan fingerprint density at radius 1 is 0.968 bits per heavy atom. The minimum absolute atomic E-state index is 0.202. The van der Waals surface area contributed by atoms with E-state index in [4.69, 9.17) is 23.5 Å². The van der Waals surface area contributed by atoms with Crippen molar-refractivity contribution in [2.24, 2.45) is 0 Å². The number of Topliss-reactive ketones (excluding diaryl/α,β-unsaturated/α-hetero) is 1. The van der Waals surface area contributed by atoms with Crippen molar-refractivity contribution in [2.45, 2.75) is 13.8 Å². The molecule has 0 aliphatic carbocycles. The van der Waals surface area contributed by atoms with E-state index in [-0.39, 0.29) is 12.4 Å². The van der Waals surface area contributed by atoms with Gasteiger partial charge in [0.1, 0.15) is 11.5 Å². The molecule has 3 aromatic rings. The van der Waals surface area contributed by atoms with Crippen molar-refractivity contribution in [3.05, 3.63) is 53.4 Å². The van der Waals surface area contributed by atoms with Gasteiger partial charge in [0.05, 0.1) is 26.9 Å². The van der Waals surface area contributed by atoms with Gasteiger partial charge in [-0.1, -0.05) is 10.7 Å². The van der Waals surface area contributed by atoms with Gasteiger partial charge < -0.3 is 23.5 Å². The van der Waals surface area contributed by atoms with Crippen molar-refractivity contribution in [3.63, 3.8) is 0 Å². The summed E-state index contributed by atoms with van der Waals surface area (Å²) >= 11 is 0. The first-order valence-electron chi connectivity index (χ1n) is 9.50. The maximum Gasteiger partial charge on any atom is 0.250 e. The molecule has 0 saturated heterocycles. The van der Waals surface area contributed by atoms with Crippen LogP contribution in [-0.4, -0.2) is 43.9 Å². The number of nitrogens with zero attached hydrogens (tertiary/aromatic N) is 2. The molecule has 0 radical (unpaired) electrons. The number of methoxy groups -OCH3 is 3. The molecule has 0 saturated carbocycles. The van der Waals surface area contributed by atoms with Gasteiger partial charge in [-0.15, -0.1) is 0 Å². The van der Waals surface area contributed by atoms with Crippen LogP contribution in [0.2, 0.25) is 0 Å². The summed E-state index contributed by atoms with van der Waals surface area (Å²) in [5.41, 5.74) is 2.12. The molecule has 0 unspecified atom stereocenters. The van der Waals surface area contributed by atoms with Crippen LogP contribution < -0.4 is 18.9 Å². The second-order valence-corrected chi connectivity index (χ2v) is 6.82. The van der Waals surface area contributed by atoms with E-state index in [1.807, 2.05) is 13.8 Å². The van der Waals surface area contributed by atoms with E-state index in [1.165, 1.54) is 21.3 Å². The van der Waals surface area contributed by atoms with E-state index in [1.54, 1.807) is 42.5 Å². The molecule has 162 valence electrons. The van der Waals surface area contributed by atoms with E-state index in [2.05, 4.69) is 10.1 Å². The van der Waals surface area contributed by atoms with Gasteiger partial charge in [-0.3, -0.25) is 4.79 Å². The maximum atomic E-state index is 12.7. The Balaban J connectivity index is 1.77. The Hall–Kier alpha value is -3.81. The molecule has 1 aromatic heterocycles. The summed E-state index contributed by atoms with van der Waals surface area (Å²) in [4.78, 5) is 17.1. The van der Waals surface area contributed by atoms with E-state index in [0.29, 0.717) is 45.8 Å². The molecule has 31 heavy (non-hydrogen) atoms. The van der Waals surface area contributed by atoms with Crippen LogP contribution >= 0.6 is 0 Å². The number of benzene rings is 2. The predicted octanol–water partition coefficient (Wildman–Crippen LogP) is 4.45. The van der Waals surface area contributed by atoms with Gasteiger partial charge in [0.25, 0.3) is 5.89 Å². The van der Waals surface area contributed by atoms with Crippen LogP contribution in [0.1, 0.15) is 30.1 Å². The fraction of sp³-hybridized carbons (Fsp3) is 0.261. The monoisotopic (exact) mass is 424 g/mol. The molecule has 0 bridgehead atoms. The SMILES string of the molecule is COc1ccc(OC)c(C(=O)COc2ccc(-c3noc(C=C(C)C)n3)cc2OC)c1. The molecule has 1 heterocycles. The smallest absolute Gasteiger partial charge is 0.250 e. The third-order valence-electron chi connectivity index (χ3n) is 4.34. The largest absolute Gasteiger partial charge is 0.497 e. The van der Waals surface area contributed by atoms with Gasteiger partial charge in [0.2, 0.25) is 11.6 Å². The molecule has 0 aliphatic heterocycles. The Kier molecular flexibility index (Phi) is 6.92. The zero-order valence-electron chi connectivity index (χ0n) is 18.1. The van der Waals surface area contributed by atoms with E-state index < -0.39 is 0 Å². The lowest BCUT2D eigenvalue weighted by Gasteiger charge is -2.13. The molecule has 0 atom stereocenters. The minimum atomic E-state index is -0.258. The van der Waals surface area contributed by atoms with Crippen LogP contribution in [0.4, 0.5) is 0 Å². The fourth-order valence-corrected chi connectivity index (χ4v) is 2.84. The number of aromatic nitrogens is 2. The van der Waals surface area contributed by atoms with E-state index in [0.717, 1.165) is 5.57 Å². The van der Waals surface area contributed by atoms with Crippen LogP contribution in [0, 0.1) is 0 Å². The second-order valence-electron chi connectivity index (χ2n) is 6.82. The predicted molar refractivity (Wildman–Crippen MR) is 115 cm³/mol. The zero-order chi connectivity index (χ0) is 22.4. The normalized spacial score (nSPS) is 10.4. The highest BCUT2D eigenvalue weighted by atomic mass is 16.5. The number of carbonyl (C=O) groups excluding carboxylic acids is 1. The first kappa shape index (κ1) is 21.9. The highest BCUT2D eigenvalue weighted by Crippen LogP contribution is 2.32. The number of hydrogen-bond donors (Lipinski definition) is 0. The molecule has 8 nitrogen and oxygen atoms in total. The lowest BCUT2D eigenvalue weighted by Crippen LogP contribution is -2.13. The third kappa shape index (κ3) is 5.22. The Morgan fingerprint density at radius 3 is 2.39 bits per heavy atom. The number of hydrogen-bond acceptors (Lipinski definition) is 8. The lowest BCUT2D eigenvalue weighted by molar-refractivity contribution is 0.0916. The van der Waals surface area contributed by atoms with Gasteiger partial charge in [0, 0.05) is 11.6 Å². The Bertz CT molecular complexity index is 1100. The van der Waals surface area contributed by atoms with Crippen molar-refractivity contribution >= 4 is 11.9 Å². The van der Waals surface area contributed by atoms with Crippen molar-refractivity contribution < 1.29 is 28.3 Å². The van der Waals surface area contributed by atoms with Crippen molar-refractivity contribution in [1.82, 2.24) is 10.1 Å². The Morgan fingerprint density at radius 2 is 1.71 bits per heavy atom. The van der Waals surface area contributed by atoms with Gasteiger partial charge in [-0.2, -0.15) is 4.98 Å². The molecular formula is C23H24N2O6. The summed E-state index contributed by atoms with van der Waals surface area (Å²) in [6.07, 6.45) is 1.80. The van der Waals surface area contributed by atoms with Crippen LogP contribution in [0.3, 0.4) is 0 Å². The first-order valence-corrected chi connectivity index (χ1v) is 9.50. The van der Waals surface area contributed by atoms with Crippen molar-refractivity contribution in [1.29, 1.82) is 0 Å². The number of rotatable bonds is 9. The van der Waals surface area contributed by atoms with Gasteiger partial charge in [-0.05, 0) is 50.2 Å². The first-order chi connectivity index (χ1) is 14.9. The lowest BCUT2D eigenvalue weighted by atomic mass is 10.1. The molecular weight excluding hydrogens is 400 g/mol. The van der Waals surface area contributed by atoms with Crippen LogP contribution in [-0.2, 0) is 0 Å². The summed E-state index contributed by atoms with van der Waals surface area (Å²) in [5, 5.41) is 3.99. The topological polar surface area (TPSA) is 92.9 Å². The third-order valence-corrected chi connectivity index (χ3v) is 4.34. The average Bonchev–Trinajstić information content (AvgIpc) is 3.24. The van der Waals surface area contributed by atoms with Crippen LogP contribution in [0.25, 0.3) is 17.5 Å². The quantitative estimate of drug-likeness (QED) is 0.465. The van der Waals surface area contributed by atoms with Crippen LogP contribution in [0.5, 0.6) is 23.0 Å². The summed E-state index contributed by atoms with van der Waals surface area (Å²) in [7, 11) is 4.55. The van der Waals surface area contributed by atoms with Gasteiger partial charge in [0.15, 0.2) is 18.1 Å². The van der Waals surface area contributed by atoms with Crippen molar-refractivity contribution in [3.8, 4) is 34.4 Å².